The van der Waals surface area contributed by atoms with Crippen molar-refractivity contribution in [1.29, 1.82) is 0 Å². The molecule has 1 N–H and O–H groups in total. The molecule has 0 atom stereocenters. The van der Waals surface area contributed by atoms with Gasteiger partial charge in [-0.15, -0.1) is 0 Å². The first-order valence-electron chi connectivity index (χ1n) is 9.67. The molecule has 0 aliphatic rings. The number of carbonyl (C=O) groups excluding carboxylic acids is 1. The molecule has 0 radical (unpaired) electrons. The number of benzene rings is 2. The van der Waals surface area contributed by atoms with Gasteiger partial charge in [0.15, 0.2) is 0 Å². The van der Waals surface area contributed by atoms with Crippen molar-refractivity contribution in [2.75, 3.05) is 6.54 Å². The van der Waals surface area contributed by atoms with E-state index in [9.17, 15) is 4.79 Å². The summed E-state index contributed by atoms with van der Waals surface area (Å²) >= 11 is 0. The van der Waals surface area contributed by atoms with Crippen LogP contribution >= 0.6 is 0 Å². The van der Waals surface area contributed by atoms with Crippen LogP contribution in [-0.4, -0.2) is 31.8 Å². The maximum absolute atomic E-state index is 12.9. The Hall–Kier alpha value is -3.67. The van der Waals surface area contributed by atoms with Crippen LogP contribution in [0.2, 0.25) is 0 Å². The van der Waals surface area contributed by atoms with Gasteiger partial charge in [0.05, 0.1) is 17.6 Å². The van der Waals surface area contributed by atoms with Gasteiger partial charge in [0.1, 0.15) is 5.69 Å². The summed E-state index contributed by atoms with van der Waals surface area (Å²) in [5.74, 6) is -0.118. The van der Waals surface area contributed by atoms with Gasteiger partial charge in [-0.05, 0) is 25.5 Å². The molecule has 29 heavy (non-hydrogen) atoms. The predicted octanol–water partition coefficient (Wildman–Crippen LogP) is 3.86. The molecule has 0 fully saturated rings. The normalized spacial score (nSPS) is 10.8. The Morgan fingerprint density at radius 3 is 2.59 bits per heavy atom. The summed E-state index contributed by atoms with van der Waals surface area (Å²) in [6, 6.07) is 17.9. The number of nitrogens with zero attached hydrogens (tertiary/aromatic N) is 4. The number of imidazole rings is 1. The Labute approximate surface area is 169 Å². The average Bonchev–Trinajstić information content (AvgIpc) is 3.42. The summed E-state index contributed by atoms with van der Waals surface area (Å²) in [4.78, 5) is 16.9. The number of carbonyl (C=O) groups is 1. The molecule has 6 heteroatoms. The van der Waals surface area contributed by atoms with E-state index >= 15 is 0 Å². The smallest absolute Gasteiger partial charge is 0.255 e. The lowest BCUT2D eigenvalue weighted by Gasteiger charge is -2.06. The van der Waals surface area contributed by atoms with Crippen LogP contribution in [0.4, 0.5) is 0 Å². The fourth-order valence-electron chi connectivity index (χ4n) is 3.16. The highest BCUT2D eigenvalue weighted by Gasteiger charge is 2.18. The van der Waals surface area contributed by atoms with Crippen LogP contribution in [0.25, 0.3) is 16.9 Å². The molecule has 0 spiro atoms. The molecular formula is C23H23N5O. The SMILES string of the molecule is Cc1ccc(-n2cc(C(=O)NCCCn3ccnc3)c(-c3ccccc3)n2)cc1. The minimum Gasteiger partial charge on any atom is -0.352 e. The molecule has 6 nitrogen and oxygen atoms in total. The largest absolute Gasteiger partial charge is 0.352 e. The number of hydrogen-bond donors (Lipinski definition) is 1. The fourth-order valence-corrected chi connectivity index (χ4v) is 3.16. The number of aromatic nitrogens is 4. The van der Waals surface area contributed by atoms with Gasteiger partial charge < -0.3 is 9.88 Å². The van der Waals surface area contributed by atoms with E-state index in [1.54, 1.807) is 23.4 Å². The second kappa shape index (κ2) is 8.56. The van der Waals surface area contributed by atoms with E-state index in [1.165, 1.54) is 5.56 Å². The first-order valence-corrected chi connectivity index (χ1v) is 9.67. The van der Waals surface area contributed by atoms with Crippen molar-refractivity contribution in [3.05, 3.63) is 90.6 Å². The highest BCUT2D eigenvalue weighted by atomic mass is 16.1. The van der Waals surface area contributed by atoms with E-state index in [1.807, 2.05) is 72.3 Å². The number of aryl methyl sites for hydroxylation is 2. The van der Waals surface area contributed by atoms with Gasteiger partial charge in [-0.2, -0.15) is 5.10 Å². The molecule has 2 aromatic carbocycles. The highest BCUT2D eigenvalue weighted by molar-refractivity contribution is 5.99. The molecule has 2 aromatic heterocycles. The van der Waals surface area contributed by atoms with Gasteiger partial charge >= 0.3 is 0 Å². The van der Waals surface area contributed by atoms with E-state index in [2.05, 4.69) is 10.3 Å². The summed E-state index contributed by atoms with van der Waals surface area (Å²) in [5, 5.41) is 7.73. The van der Waals surface area contributed by atoms with Crippen LogP contribution in [0, 0.1) is 6.92 Å². The zero-order valence-electron chi connectivity index (χ0n) is 16.3. The summed E-state index contributed by atoms with van der Waals surface area (Å²) in [6.07, 6.45) is 8.08. The Kier molecular flexibility index (Phi) is 5.52. The zero-order chi connectivity index (χ0) is 20.1. The zero-order valence-corrected chi connectivity index (χ0v) is 16.3. The molecule has 1 amide bonds. The lowest BCUT2D eigenvalue weighted by molar-refractivity contribution is 0.0953. The van der Waals surface area contributed by atoms with Gasteiger partial charge in [0.2, 0.25) is 0 Å². The third kappa shape index (κ3) is 4.43. The molecule has 4 aromatic rings. The van der Waals surface area contributed by atoms with Gasteiger partial charge in [0, 0.05) is 37.2 Å². The van der Waals surface area contributed by atoms with E-state index < -0.39 is 0 Å². The van der Waals surface area contributed by atoms with E-state index in [0.29, 0.717) is 17.8 Å². The van der Waals surface area contributed by atoms with Crippen molar-refractivity contribution in [2.45, 2.75) is 19.9 Å². The Morgan fingerprint density at radius 2 is 1.86 bits per heavy atom. The van der Waals surface area contributed by atoms with E-state index in [4.69, 9.17) is 5.10 Å². The van der Waals surface area contributed by atoms with E-state index in [0.717, 1.165) is 24.2 Å². The second-order valence-corrected chi connectivity index (χ2v) is 6.95. The maximum Gasteiger partial charge on any atom is 0.255 e. The van der Waals surface area contributed by atoms with Crippen LogP contribution in [0.15, 0.2) is 79.5 Å². The number of rotatable bonds is 7. The molecular weight excluding hydrogens is 362 g/mol. The monoisotopic (exact) mass is 385 g/mol. The number of amides is 1. The lowest BCUT2D eigenvalue weighted by atomic mass is 10.1. The Morgan fingerprint density at radius 1 is 1.07 bits per heavy atom. The lowest BCUT2D eigenvalue weighted by Crippen LogP contribution is -2.25. The molecule has 0 aliphatic heterocycles. The minimum atomic E-state index is -0.118. The van der Waals surface area contributed by atoms with Gasteiger partial charge in [-0.3, -0.25) is 4.79 Å². The van der Waals surface area contributed by atoms with Crippen molar-refractivity contribution in [3.8, 4) is 16.9 Å². The van der Waals surface area contributed by atoms with Crippen LogP contribution in [0.5, 0.6) is 0 Å². The van der Waals surface area contributed by atoms with Crippen molar-refractivity contribution >= 4 is 5.91 Å². The summed E-state index contributed by atoms with van der Waals surface area (Å²) in [6.45, 7) is 3.44. The molecule has 4 rings (SSSR count). The van der Waals surface area contributed by atoms with Crippen LogP contribution < -0.4 is 5.32 Å². The summed E-state index contributed by atoms with van der Waals surface area (Å²) < 4.78 is 3.76. The second-order valence-electron chi connectivity index (χ2n) is 6.95. The molecule has 0 saturated heterocycles. The summed E-state index contributed by atoms with van der Waals surface area (Å²) in [7, 11) is 0. The Balaban J connectivity index is 1.55. The number of nitrogens with one attached hydrogen (secondary N) is 1. The molecule has 146 valence electrons. The third-order valence-corrected chi connectivity index (χ3v) is 4.74. The molecule has 0 unspecified atom stereocenters. The van der Waals surface area contributed by atoms with Gasteiger partial charge in [-0.1, -0.05) is 48.0 Å². The standard InChI is InChI=1S/C23H23N5O/c1-18-8-10-20(11-9-18)28-16-21(22(26-28)19-6-3-2-4-7-19)23(29)25-12-5-14-27-15-13-24-17-27/h2-4,6-11,13,15-17H,5,12,14H2,1H3,(H,25,29). The minimum absolute atomic E-state index is 0.118. The number of hydrogen-bond acceptors (Lipinski definition) is 3. The Bertz CT molecular complexity index is 1070. The average molecular weight is 385 g/mol. The van der Waals surface area contributed by atoms with Gasteiger partial charge in [0.25, 0.3) is 5.91 Å². The quantitative estimate of drug-likeness (QED) is 0.491. The fraction of sp³-hybridized carbons (Fsp3) is 0.174. The topological polar surface area (TPSA) is 64.7 Å². The van der Waals surface area contributed by atoms with Gasteiger partial charge in [-0.25, -0.2) is 9.67 Å². The third-order valence-electron chi connectivity index (χ3n) is 4.74. The van der Waals surface area contributed by atoms with Crippen molar-refractivity contribution < 1.29 is 4.79 Å². The molecule has 0 bridgehead atoms. The van der Waals surface area contributed by atoms with Crippen molar-refractivity contribution in [2.24, 2.45) is 0 Å². The van der Waals surface area contributed by atoms with E-state index in [-0.39, 0.29) is 5.91 Å². The molecule has 0 saturated carbocycles. The van der Waals surface area contributed by atoms with Crippen molar-refractivity contribution in [1.82, 2.24) is 24.6 Å². The summed E-state index contributed by atoms with van der Waals surface area (Å²) in [5.41, 5.74) is 4.27. The molecule has 0 aliphatic carbocycles. The predicted molar refractivity (Wildman–Crippen MR) is 113 cm³/mol. The van der Waals surface area contributed by atoms with Crippen LogP contribution in [0.3, 0.4) is 0 Å². The van der Waals surface area contributed by atoms with Crippen LogP contribution in [-0.2, 0) is 6.54 Å². The molecule has 2 heterocycles. The maximum atomic E-state index is 12.9. The first-order chi connectivity index (χ1) is 14.2. The van der Waals surface area contributed by atoms with Crippen molar-refractivity contribution in [3.63, 3.8) is 0 Å². The van der Waals surface area contributed by atoms with Crippen LogP contribution in [0.1, 0.15) is 22.3 Å². The highest BCUT2D eigenvalue weighted by Crippen LogP contribution is 2.23. The first kappa shape index (κ1) is 18.7.